The first-order valence-corrected chi connectivity index (χ1v) is 7.84. The summed E-state index contributed by atoms with van der Waals surface area (Å²) in [7, 11) is 0. The second-order valence-corrected chi connectivity index (χ2v) is 6.25. The highest BCUT2D eigenvalue weighted by Gasteiger charge is 2.33. The van der Waals surface area contributed by atoms with Gasteiger partial charge in [0, 0.05) is 10.7 Å². The van der Waals surface area contributed by atoms with Crippen molar-refractivity contribution in [1.82, 2.24) is 0 Å². The largest absolute Gasteiger partial charge is 0.295 e. The molecule has 3 rings (SSSR count). The van der Waals surface area contributed by atoms with Gasteiger partial charge in [-0.1, -0.05) is 48.0 Å². The first-order valence-electron chi connectivity index (χ1n) is 6.41. The number of hydrogen-bond donors (Lipinski definition) is 0. The van der Waals surface area contributed by atoms with E-state index in [4.69, 9.17) is 11.6 Å². The molecule has 0 aliphatic carbocycles. The first kappa shape index (κ1) is 13.5. The van der Waals surface area contributed by atoms with Gasteiger partial charge in [-0.05, 0) is 30.2 Å². The van der Waals surface area contributed by atoms with Gasteiger partial charge >= 0.3 is 0 Å². The van der Waals surface area contributed by atoms with Crippen LogP contribution >= 0.6 is 23.4 Å². The van der Waals surface area contributed by atoms with Crippen molar-refractivity contribution in [3.05, 3.63) is 64.7 Å². The minimum Gasteiger partial charge on any atom is -0.295 e. The molecule has 102 valence electrons. The lowest BCUT2D eigenvalue weighted by Gasteiger charge is -2.24. The lowest BCUT2D eigenvalue weighted by Crippen LogP contribution is -2.27. The zero-order valence-corrected chi connectivity index (χ0v) is 12.6. The van der Waals surface area contributed by atoms with E-state index in [0.717, 1.165) is 16.8 Å². The summed E-state index contributed by atoms with van der Waals surface area (Å²) in [6, 6.07) is 15.9. The molecule has 1 amide bonds. The van der Waals surface area contributed by atoms with Crippen LogP contribution in [-0.4, -0.2) is 11.7 Å². The van der Waals surface area contributed by atoms with Gasteiger partial charge in [-0.3, -0.25) is 9.69 Å². The molecule has 2 aromatic rings. The van der Waals surface area contributed by atoms with Crippen LogP contribution in [0, 0.1) is 6.92 Å². The Kier molecular flexibility index (Phi) is 3.72. The molecule has 4 heteroatoms. The Morgan fingerprint density at radius 3 is 2.65 bits per heavy atom. The quantitative estimate of drug-likeness (QED) is 0.818. The van der Waals surface area contributed by atoms with Gasteiger partial charge in [0.25, 0.3) is 0 Å². The third kappa shape index (κ3) is 2.43. The normalized spacial score (nSPS) is 18.6. The van der Waals surface area contributed by atoms with Crippen molar-refractivity contribution in [1.29, 1.82) is 0 Å². The third-order valence-electron chi connectivity index (χ3n) is 3.39. The van der Waals surface area contributed by atoms with Gasteiger partial charge in [-0.15, -0.1) is 11.8 Å². The summed E-state index contributed by atoms with van der Waals surface area (Å²) >= 11 is 7.84. The molecule has 1 heterocycles. The number of rotatable bonds is 2. The standard InChI is InChI=1S/C16H14ClNOS/c1-11-7-8-13(9-14(11)17)18-15(19)10-20-16(18)12-5-3-2-4-6-12/h2-9,16H,10H2,1H3/t16-/m1/s1. The molecular formula is C16H14ClNOS. The SMILES string of the molecule is Cc1ccc(N2C(=O)CS[C@@H]2c2ccccc2)cc1Cl. The minimum absolute atomic E-state index is 0.0301. The molecule has 0 spiro atoms. The Morgan fingerprint density at radius 1 is 1.20 bits per heavy atom. The van der Waals surface area contributed by atoms with E-state index in [-0.39, 0.29) is 11.3 Å². The van der Waals surface area contributed by atoms with Crippen molar-refractivity contribution in [3.63, 3.8) is 0 Å². The van der Waals surface area contributed by atoms with Gasteiger partial charge in [-0.2, -0.15) is 0 Å². The van der Waals surface area contributed by atoms with Gasteiger partial charge in [0.15, 0.2) is 0 Å². The molecule has 0 saturated carbocycles. The maximum atomic E-state index is 12.2. The molecule has 0 aromatic heterocycles. The topological polar surface area (TPSA) is 20.3 Å². The highest BCUT2D eigenvalue weighted by atomic mass is 35.5. The van der Waals surface area contributed by atoms with Crippen LogP contribution in [-0.2, 0) is 4.79 Å². The zero-order chi connectivity index (χ0) is 14.1. The van der Waals surface area contributed by atoms with Gasteiger partial charge in [0.1, 0.15) is 5.37 Å². The van der Waals surface area contributed by atoms with Gasteiger partial charge in [-0.25, -0.2) is 0 Å². The van der Waals surface area contributed by atoms with Crippen molar-refractivity contribution < 1.29 is 4.79 Å². The molecule has 0 N–H and O–H groups in total. The summed E-state index contributed by atoms with van der Waals surface area (Å²) in [6.07, 6.45) is 0. The number of benzene rings is 2. The summed E-state index contributed by atoms with van der Waals surface area (Å²) in [4.78, 5) is 14.1. The summed E-state index contributed by atoms with van der Waals surface area (Å²) in [5.74, 6) is 0.634. The number of carbonyl (C=O) groups excluding carboxylic acids is 1. The number of aryl methyl sites for hydroxylation is 1. The molecule has 0 bridgehead atoms. The maximum Gasteiger partial charge on any atom is 0.238 e. The fourth-order valence-corrected chi connectivity index (χ4v) is 3.65. The van der Waals surface area contributed by atoms with Crippen molar-refractivity contribution in [2.45, 2.75) is 12.3 Å². The maximum absolute atomic E-state index is 12.2. The van der Waals surface area contributed by atoms with Crippen LogP contribution in [0.15, 0.2) is 48.5 Å². The molecule has 0 radical (unpaired) electrons. The summed E-state index contributed by atoms with van der Waals surface area (Å²) in [5.41, 5.74) is 3.02. The Bertz CT molecular complexity index is 644. The number of hydrogen-bond acceptors (Lipinski definition) is 2. The molecule has 2 aromatic carbocycles. The van der Waals surface area contributed by atoms with E-state index in [9.17, 15) is 4.79 Å². The highest BCUT2D eigenvalue weighted by Crippen LogP contribution is 2.42. The Hall–Kier alpha value is -1.45. The summed E-state index contributed by atoms with van der Waals surface area (Å²) in [6.45, 7) is 1.96. The fourth-order valence-electron chi connectivity index (χ4n) is 2.30. The van der Waals surface area contributed by atoms with Crippen molar-refractivity contribution in [2.24, 2.45) is 0 Å². The Morgan fingerprint density at radius 2 is 1.95 bits per heavy atom. The van der Waals surface area contributed by atoms with Gasteiger partial charge in [0.05, 0.1) is 5.75 Å². The third-order valence-corrected chi connectivity index (χ3v) is 5.01. The van der Waals surface area contributed by atoms with Crippen molar-refractivity contribution in [3.8, 4) is 0 Å². The molecule has 0 unspecified atom stereocenters. The van der Waals surface area contributed by atoms with Crippen LogP contribution in [0.1, 0.15) is 16.5 Å². The number of carbonyl (C=O) groups is 1. The number of nitrogens with zero attached hydrogens (tertiary/aromatic N) is 1. The molecule has 1 saturated heterocycles. The zero-order valence-electron chi connectivity index (χ0n) is 11.0. The average molecular weight is 304 g/mol. The molecule has 20 heavy (non-hydrogen) atoms. The summed E-state index contributed by atoms with van der Waals surface area (Å²) < 4.78 is 0. The molecule has 1 aliphatic heterocycles. The van der Waals surface area contributed by atoms with Crippen LogP contribution in [0.5, 0.6) is 0 Å². The van der Waals surface area contributed by atoms with Crippen LogP contribution < -0.4 is 4.90 Å². The molecule has 2 nitrogen and oxygen atoms in total. The van der Waals surface area contributed by atoms with E-state index in [1.165, 1.54) is 0 Å². The van der Waals surface area contributed by atoms with Gasteiger partial charge in [0.2, 0.25) is 5.91 Å². The lowest BCUT2D eigenvalue weighted by molar-refractivity contribution is -0.115. The molecular weight excluding hydrogens is 290 g/mol. The van der Waals surface area contributed by atoms with E-state index < -0.39 is 0 Å². The van der Waals surface area contributed by atoms with E-state index in [1.807, 2.05) is 48.2 Å². The first-order chi connectivity index (χ1) is 9.66. The summed E-state index contributed by atoms with van der Waals surface area (Å²) in [5, 5.41) is 0.724. The van der Waals surface area contributed by atoms with E-state index in [1.54, 1.807) is 11.8 Å². The molecule has 1 atom stereocenters. The number of thioether (sulfide) groups is 1. The van der Waals surface area contributed by atoms with E-state index >= 15 is 0 Å². The second-order valence-electron chi connectivity index (χ2n) is 4.77. The predicted molar refractivity (Wildman–Crippen MR) is 85.3 cm³/mol. The Balaban J connectivity index is 2.00. The van der Waals surface area contributed by atoms with Crippen molar-refractivity contribution in [2.75, 3.05) is 10.7 Å². The number of anilines is 1. The van der Waals surface area contributed by atoms with Crippen LogP contribution in [0.25, 0.3) is 0 Å². The highest BCUT2D eigenvalue weighted by molar-refractivity contribution is 8.00. The fraction of sp³-hybridized carbons (Fsp3) is 0.188. The second kappa shape index (κ2) is 5.51. The molecule has 1 fully saturated rings. The van der Waals surface area contributed by atoms with E-state index in [2.05, 4.69) is 12.1 Å². The number of halogens is 1. The lowest BCUT2D eigenvalue weighted by atomic mass is 10.1. The van der Waals surface area contributed by atoms with Crippen molar-refractivity contribution >= 4 is 35.0 Å². The Labute approximate surface area is 127 Å². The van der Waals surface area contributed by atoms with Gasteiger partial charge < -0.3 is 0 Å². The van der Waals surface area contributed by atoms with Crippen LogP contribution in [0.4, 0.5) is 5.69 Å². The number of amides is 1. The monoisotopic (exact) mass is 303 g/mol. The van der Waals surface area contributed by atoms with Crippen LogP contribution in [0.3, 0.4) is 0 Å². The minimum atomic E-state index is 0.0301. The molecule has 1 aliphatic rings. The smallest absolute Gasteiger partial charge is 0.238 e. The van der Waals surface area contributed by atoms with Crippen LogP contribution in [0.2, 0.25) is 5.02 Å². The van der Waals surface area contributed by atoms with E-state index in [0.29, 0.717) is 10.8 Å². The predicted octanol–water partition coefficient (Wildman–Crippen LogP) is 4.43. The average Bonchev–Trinajstić information content (AvgIpc) is 2.85.